The van der Waals surface area contributed by atoms with Gasteiger partial charge in [-0.15, -0.1) is 0 Å². The van der Waals surface area contributed by atoms with Crippen LogP contribution in [0.15, 0.2) is 91.0 Å². The number of aliphatic hydroxyl groups excluding tert-OH is 1. The fourth-order valence-electron chi connectivity index (χ4n) is 4.17. The summed E-state index contributed by atoms with van der Waals surface area (Å²) in [6.45, 7) is 8.60. The lowest BCUT2D eigenvalue weighted by molar-refractivity contribution is -0.0282. The molecule has 0 aliphatic carbocycles. The van der Waals surface area contributed by atoms with Crippen molar-refractivity contribution in [2.45, 2.75) is 38.5 Å². The van der Waals surface area contributed by atoms with Crippen LogP contribution in [0.4, 0.5) is 0 Å². The largest absolute Gasteiger partial charge is 0.405 e. The van der Waals surface area contributed by atoms with E-state index in [0.29, 0.717) is 19.8 Å². The van der Waals surface area contributed by atoms with Gasteiger partial charge in [0.15, 0.2) is 0 Å². The molecular weight excluding hydrogens is 428 g/mol. The monoisotopic (exact) mass is 464 g/mol. The van der Waals surface area contributed by atoms with E-state index in [9.17, 15) is 5.11 Å². The SMILES string of the molecule is CC(C)(C)[Si](OCCOCC(O)COCc1ccccc1)(c1ccccc1)c1ccccc1. The van der Waals surface area contributed by atoms with Gasteiger partial charge < -0.3 is 19.0 Å². The van der Waals surface area contributed by atoms with Crippen LogP contribution in [0.3, 0.4) is 0 Å². The standard InChI is InChI=1S/C28H36O4Si/c1-28(2,3)33(26-15-9-5-10-16-26,27-17-11-6-12-18-27)32-20-19-30-22-25(29)23-31-21-24-13-7-4-8-14-24/h4-18,25,29H,19-23H2,1-3H3. The van der Waals surface area contributed by atoms with E-state index in [1.165, 1.54) is 10.4 Å². The number of ether oxygens (including phenoxy) is 2. The zero-order valence-electron chi connectivity index (χ0n) is 19.9. The van der Waals surface area contributed by atoms with Crippen molar-refractivity contribution in [3.63, 3.8) is 0 Å². The summed E-state index contributed by atoms with van der Waals surface area (Å²) in [6.07, 6.45) is -0.665. The summed E-state index contributed by atoms with van der Waals surface area (Å²) in [7, 11) is -2.55. The first-order valence-corrected chi connectivity index (χ1v) is 13.5. The number of hydrogen-bond donors (Lipinski definition) is 1. The maximum Gasteiger partial charge on any atom is 0.261 e. The summed E-state index contributed by atoms with van der Waals surface area (Å²) < 4.78 is 18.1. The van der Waals surface area contributed by atoms with Gasteiger partial charge in [0.2, 0.25) is 0 Å². The van der Waals surface area contributed by atoms with Crippen LogP contribution in [-0.2, 0) is 20.5 Å². The molecular formula is C28H36O4Si. The van der Waals surface area contributed by atoms with Gasteiger partial charge in [-0.25, -0.2) is 0 Å². The predicted molar refractivity (Wildman–Crippen MR) is 136 cm³/mol. The van der Waals surface area contributed by atoms with Crippen molar-refractivity contribution < 1.29 is 19.0 Å². The molecule has 0 spiro atoms. The second-order valence-electron chi connectivity index (χ2n) is 9.24. The van der Waals surface area contributed by atoms with Crippen molar-refractivity contribution >= 4 is 18.7 Å². The molecule has 0 aliphatic rings. The molecule has 0 fully saturated rings. The smallest absolute Gasteiger partial charge is 0.261 e. The second kappa shape index (κ2) is 12.3. The molecule has 176 valence electrons. The van der Waals surface area contributed by atoms with Crippen LogP contribution in [0.25, 0.3) is 0 Å². The van der Waals surface area contributed by atoms with E-state index < -0.39 is 14.4 Å². The molecule has 0 radical (unpaired) electrons. The third kappa shape index (κ3) is 6.85. The first kappa shape index (κ1) is 25.3. The Bertz CT molecular complexity index is 887. The van der Waals surface area contributed by atoms with E-state index in [0.717, 1.165) is 5.56 Å². The van der Waals surface area contributed by atoms with Gasteiger partial charge in [0.1, 0.15) is 6.10 Å². The molecule has 0 saturated carbocycles. The fraction of sp³-hybridized carbons (Fsp3) is 0.357. The zero-order valence-corrected chi connectivity index (χ0v) is 20.9. The Morgan fingerprint density at radius 2 is 1.18 bits per heavy atom. The van der Waals surface area contributed by atoms with Gasteiger partial charge in [-0.2, -0.15) is 0 Å². The lowest BCUT2D eigenvalue weighted by Crippen LogP contribution is -2.66. The van der Waals surface area contributed by atoms with Gasteiger partial charge in [-0.05, 0) is 21.0 Å². The molecule has 0 bridgehead atoms. The first-order valence-electron chi connectivity index (χ1n) is 11.6. The normalized spacial score (nSPS) is 13.1. The third-order valence-corrected chi connectivity index (χ3v) is 10.7. The molecule has 0 saturated heterocycles. The van der Waals surface area contributed by atoms with Crippen molar-refractivity contribution in [2.75, 3.05) is 26.4 Å². The highest BCUT2D eigenvalue weighted by Gasteiger charge is 2.49. The maximum absolute atomic E-state index is 10.2. The molecule has 0 aromatic heterocycles. The lowest BCUT2D eigenvalue weighted by atomic mass is 10.2. The van der Waals surface area contributed by atoms with Crippen LogP contribution < -0.4 is 10.4 Å². The molecule has 5 heteroatoms. The third-order valence-electron chi connectivity index (χ3n) is 5.70. The summed E-state index contributed by atoms with van der Waals surface area (Å²) >= 11 is 0. The molecule has 0 amide bonds. The topological polar surface area (TPSA) is 47.9 Å². The second-order valence-corrected chi connectivity index (χ2v) is 13.5. The summed E-state index contributed by atoms with van der Waals surface area (Å²) in [6, 6.07) is 31.1. The number of benzene rings is 3. The van der Waals surface area contributed by atoms with Crippen molar-refractivity contribution in [3.8, 4) is 0 Å². The molecule has 4 nitrogen and oxygen atoms in total. The van der Waals surface area contributed by atoms with Gasteiger partial charge in [0.05, 0.1) is 33.0 Å². The van der Waals surface area contributed by atoms with E-state index in [2.05, 4.69) is 69.3 Å². The Hall–Kier alpha value is -2.28. The maximum atomic E-state index is 10.2. The summed E-state index contributed by atoms with van der Waals surface area (Å²) in [5.41, 5.74) is 1.09. The fourth-order valence-corrected chi connectivity index (χ4v) is 8.71. The Kier molecular flexibility index (Phi) is 9.41. The van der Waals surface area contributed by atoms with E-state index in [-0.39, 0.29) is 18.3 Å². The molecule has 0 heterocycles. The van der Waals surface area contributed by atoms with Crippen LogP contribution in [0.1, 0.15) is 26.3 Å². The molecule has 3 rings (SSSR count). The predicted octanol–water partition coefficient (Wildman–Crippen LogP) is 4.16. The van der Waals surface area contributed by atoms with E-state index >= 15 is 0 Å². The number of rotatable bonds is 12. The minimum absolute atomic E-state index is 0.0689. The highest BCUT2D eigenvalue weighted by atomic mass is 28.4. The van der Waals surface area contributed by atoms with E-state index in [1.54, 1.807) is 0 Å². The molecule has 3 aromatic rings. The van der Waals surface area contributed by atoms with Gasteiger partial charge in [-0.3, -0.25) is 0 Å². The van der Waals surface area contributed by atoms with Crippen LogP contribution >= 0.6 is 0 Å². The first-order chi connectivity index (χ1) is 15.9. The van der Waals surface area contributed by atoms with Crippen LogP contribution in [0.2, 0.25) is 5.04 Å². The minimum atomic E-state index is -2.55. The van der Waals surface area contributed by atoms with Crippen LogP contribution in [0, 0.1) is 0 Å². The Morgan fingerprint density at radius 3 is 1.70 bits per heavy atom. The Morgan fingerprint density at radius 1 is 0.697 bits per heavy atom. The van der Waals surface area contributed by atoms with Crippen LogP contribution in [0.5, 0.6) is 0 Å². The quantitative estimate of drug-likeness (QED) is 0.323. The number of hydrogen-bond acceptors (Lipinski definition) is 4. The van der Waals surface area contributed by atoms with E-state index in [4.69, 9.17) is 13.9 Å². The van der Waals surface area contributed by atoms with Crippen molar-refractivity contribution in [2.24, 2.45) is 0 Å². The molecule has 3 aromatic carbocycles. The summed E-state index contributed by atoms with van der Waals surface area (Å²) in [5, 5.41) is 12.6. The van der Waals surface area contributed by atoms with Gasteiger partial charge in [-0.1, -0.05) is 112 Å². The van der Waals surface area contributed by atoms with Crippen molar-refractivity contribution in [1.82, 2.24) is 0 Å². The zero-order chi connectivity index (χ0) is 23.6. The Balaban J connectivity index is 1.56. The van der Waals surface area contributed by atoms with E-state index in [1.807, 2.05) is 42.5 Å². The lowest BCUT2D eigenvalue weighted by Gasteiger charge is -2.43. The minimum Gasteiger partial charge on any atom is -0.405 e. The average Bonchev–Trinajstić information content (AvgIpc) is 2.82. The summed E-state index contributed by atoms with van der Waals surface area (Å²) in [5.74, 6) is 0. The summed E-state index contributed by atoms with van der Waals surface area (Å²) in [4.78, 5) is 0. The van der Waals surface area contributed by atoms with Gasteiger partial charge in [0, 0.05) is 0 Å². The van der Waals surface area contributed by atoms with Crippen molar-refractivity contribution in [3.05, 3.63) is 96.6 Å². The molecule has 0 aliphatic heterocycles. The molecule has 1 atom stereocenters. The molecule has 33 heavy (non-hydrogen) atoms. The van der Waals surface area contributed by atoms with Crippen molar-refractivity contribution in [1.29, 1.82) is 0 Å². The average molecular weight is 465 g/mol. The number of aliphatic hydroxyl groups is 1. The highest BCUT2D eigenvalue weighted by Crippen LogP contribution is 2.36. The van der Waals surface area contributed by atoms with Gasteiger partial charge in [0.25, 0.3) is 8.32 Å². The van der Waals surface area contributed by atoms with Gasteiger partial charge >= 0.3 is 0 Å². The van der Waals surface area contributed by atoms with Crippen LogP contribution in [-0.4, -0.2) is 46.0 Å². The molecule has 1 unspecified atom stereocenters. The molecule has 1 N–H and O–H groups in total. The highest BCUT2D eigenvalue weighted by molar-refractivity contribution is 6.99. The Labute approximate surface area is 199 Å².